The highest BCUT2D eigenvalue weighted by molar-refractivity contribution is 5.97. The van der Waals surface area contributed by atoms with E-state index >= 15 is 0 Å². The zero-order valence-electron chi connectivity index (χ0n) is 12.7. The van der Waals surface area contributed by atoms with Crippen molar-refractivity contribution >= 4 is 5.91 Å². The van der Waals surface area contributed by atoms with Gasteiger partial charge in [-0.05, 0) is 37.4 Å². The summed E-state index contributed by atoms with van der Waals surface area (Å²) in [4.78, 5) is 14.4. The van der Waals surface area contributed by atoms with Crippen molar-refractivity contribution in [3.63, 3.8) is 0 Å². The van der Waals surface area contributed by atoms with Crippen molar-refractivity contribution in [1.29, 1.82) is 0 Å². The highest BCUT2D eigenvalue weighted by Crippen LogP contribution is 2.29. The first-order chi connectivity index (χ1) is 9.99. The molecule has 0 bridgehead atoms. The van der Waals surface area contributed by atoms with Crippen LogP contribution < -0.4 is 5.32 Å². The van der Waals surface area contributed by atoms with E-state index < -0.39 is 0 Å². The molecule has 5 nitrogen and oxygen atoms in total. The highest BCUT2D eigenvalue weighted by Gasteiger charge is 2.25. The molecule has 0 saturated carbocycles. The summed E-state index contributed by atoms with van der Waals surface area (Å²) < 4.78 is 0. The minimum atomic E-state index is -0.337. The van der Waals surface area contributed by atoms with E-state index in [1.54, 1.807) is 17.0 Å². The van der Waals surface area contributed by atoms with Crippen LogP contribution in [0.1, 0.15) is 37.0 Å². The summed E-state index contributed by atoms with van der Waals surface area (Å²) >= 11 is 0. The largest absolute Gasteiger partial charge is 0.504 e. The van der Waals surface area contributed by atoms with Crippen LogP contribution in [-0.2, 0) is 0 Å². The molecule has 1 atom stereocenters. The second kappa shape index (κ2) is 6.80. The lowest BCUT2D eigenvalue weighted by atomic mass is 10.1. The van der Waals surface area contributed by atoms with E-state index in [4.69, 9.17) is 0 Å². The van der Waals surface area contributed by atoms with Gasteiger partial charge in [-0.25, -0.2) is 0 Å². The number of nitrogens with one attached hydrogen (secondary N) is 1. The third-order valence-corrected chi connectivity index (χ3v) is 3.72. The number of nitrogens with zero attached hydrogens (tertiary/aromatic N) is 1. The Morgan fingerprint density at radius 1 is 1.43 bits per heavy atom. The number of hydrogen-bond acceptors (Lipinski definition) is 4. The number of aromatic hydroxyl groups is 2. The standard InChI is InChI=1S/C16H24N2O3/c1-11(2)9-18(10-12-5-4-8-17-12)16(21)13-6-3-7-14(19)15(13)20/h3,6-7,11-12,17,19-20H,4-5,8-10H2,1-2H3. The summed E-state index contributed by atoms with van der Waals surface area (Å²) in [5.74, 6) is -0.486. The summed E-state index contributed by atoms with van der Waals surface area (Å²) in [6.45, 7) is 6.37. The van der Waals surface area contributed by atoms with Crippen molar-refractivity contribution in [2.75, 3.05) is 19.6 Å². The number of para-hydroxylation sites is 1. The van der Waals surface area contributed by atoms with E-state index in [1.807, 2.05) is 0 Å². The van der Waals surface area contributed by atoms with E-state index in [1.165, 1.54) is 6.07 Å². The number of hydrogen-bond donors (Lipinski definition) is 3. The summed E-state index contributed by atoms with van der Waals surface area (Å²) in [5.41, 5.74) is 0.161. The van der Waals surface area contributed by atoms with Crippen molar-refractivity contribution < 1.29 is 15.0 Å². The van der Waals surface area contributed by atoms with Gasteiger partial charge < -0.3 is 20.4 Å². The summed E-state index contributed by atoms with van der Waals surface area (Å²) in [6, 6.07) is 4.81. The SMILES string of the molecule is CC(C)CN(CC1CCCN1)C(=O)c1cccc(O)c1O. The molecule has 21 heavy (non-hydrogen) atoms. The monoisotopic (exact) mass is 292 g/mol. The first-order valence-corrected chi connectivity index (χ1v) is 7.52. The number of carbonyl (C=O) groups is 1. The maximum atomic E-state index is 12.7. The van der Waals surface area contributed by atoms with E-state index in [0.717, 1.165) is 19.4 Å². The van der Waals surface area contributed by atoms with Crippen LogP contribution in [0.25, 0.3) is 0 Å². The quantitative estimate of drug-likeness (QED) is 0.725. The Morgan fingerprint density at radius 2 is 2.19 bits per heavy atom. The molecule has 1 amide bonds. The average molecular weight is 292 g/mol. The van der Waals surface area contributed by atoms with Crippen LogP contribution in [0.4, 0.5) is 0 Å². The first kappa shape index (κ1) is 15.6. The normalized spacial score (nSPS) is 18.1. The maximum Gasteiger partial charge on any atom is 0.257 e. The summed E-state index contributed by atoms with van der Waals surface area (Å²) in [5, 5.41) is 22.8. The fraction of sp³-hybridized carbons (Fsp3) is 0.562. The summed E-state index contributed by atoms with van der Waals surface area (Å²) in [7, 11) is 0. The average Bonchev–Trinajstić information content (AvgIpc) is 2.93. The third-order valence-electron chi connectivity index (χ3n) is 3.72. The molecule has 1 aliphatic heterocycles. The minimum Gasteiger partial charge on any atom is -0.504 e. The minimum absolute atomic E-state index is 0.161. The van der Waals surface area contributed by atoms with Crippen molar-refractivity contribution in [3.8, 4) is 11.5 Å². The lowest BCUT2D eigenvalue weighted by molar-refractivity contribution is 0.0717. The van der Waals surface area contributed by atoms with Gasteiger partial charge in [0.2, 0.25) is 0 Å². The Balaban J connectivity index is 2.18. The summed E-state index contributed by atoms with van der Waals surface area (Å²) in [6.07, 6.45) is 2.19. The van der Waals surface area contributed by atoms with Gasteiger partial charge in [-0.2, -0.15) is 0 Å². The molecule has 1 aliphatic rings. The molecule has 0 aromatic heterocycles. The van der Waals surface area contributed by atoms with Gasteiger partial charge in [0.1, 0.15) is 0 Å². The van der Waals surface area contributed by atoms with E-state index in [0.29, 0.717) is 25.0 Å². The van der Waals surface area contributed by atoms with Crippen LogP contribution in [0.15, 0.2) is 18.2 Å². The third kappa shape index (κ3) is 3.88. The maximum absolute atomic E-state index is 12.7. The molecule has 1 unspecified atom stereocenters. The number of rotatable bonds is 5. The molecule has 2 rings (SSSR count). The number of phenols is 2. The van der Waals surface area contributed by atoms with E-state index in [2.05, 4.69) is 19.2 Å². The van der Waals surface area contributed by atoms with Gasteiger partial charge in [0.05, 0.1) is 5.56 Å². The predicted octanol–water partition coefficient (Wildman–Crippen LogP) is 1.95. The van der Waals surface area contributed by atoms with Gasteiger partial charge in [0.25, 0.3) is 5.91 Å². The van der Waals surface area contributed by atoms with Crippen molar-refractivity contribution in [1.82, 2.24) is 10.2 Å². The van der Waals surface area contributed by atoms with Gasteiger partial charge in [-0.1, -0.05) is 19.9 Å². The highest BCUT2D eigenvalue weighted by atomic mass is 16.3. The molecule has 3 N–H and O–H groups in total. The van der Waals surface area contributed by atoms with Crippen LogP contribution in [0, 0.1) is 5.92 Å². The van der Waals surface area contributed by atoms with Crippen LogP contribution >= 0.6 is 0 Å². The van der Waals surface area contributed by atoms with Crippen LogP contribution in [0.5, 0.6) is 11.5 Å². The number of carbonyl (C=O) groups excluding carboxylic acids is 1. The molecule has 1 aromatic rings. The van der Waals surface area contributed by atoms with Crippen molar-refractivity contribution in [2.24, 2.45) is 5.92 Å². The molecule has 5 heteroatoms. The topological polar surface area (TPSA) is 72.8 Å². The molecule has 1 fully saturated rings. The molecule has 1 aromatic carbocycles. The van der Waals surface area contributed by atoms with Gasteiger partial charge in [0.15, 0.2) is 11.5 Å². The van der Waals surface area contributed by atoms with E-state index in [-0.39, 0.29) is 23.0 Å². The predicted molar refractivity (Wildman–Crippen MR) is 81.5 cm³/mol. The smallest absolute Gasteiger partial charge is 0.257 e. The second-order valence-corrected chi connectivity index (χ2v) is 6.07. The molecular weight excluding hydrogens is 268 g/mol. The Labute approximate surface area is 125 Å². The lowest BCUT2D eigenvalue weighted by Crippen LogP contribution is -2.42. The Hall–Kier alpha value is -1.75. The van der Waals surface area contributed by atoms with Crippen molar-refractivity contribution in [2.45, 2.75) is 32.7 Å². The lowest BCUT2D eigenvalue weighted by Gasteiger charge is -2.28. The Morgan fingerprint density at radius 3 is 2.81 bits per heavy atom. The van der Waals surface area contributed by atoms with Crippen LogP contribution in [-0.4, -0.2) is 46.7 Å². The molecule has 1 saturated heterocycles. The van der Waals surface area contributed by atoms with Gasteiger partial charge >= 0.3 is 0 Å². The number of phenolic OH excluding ortho intramolecular Hbond substituents is 2. The van der Waals surface area contributed by atoms with Gasteiger partial charge in [-0.15, -0.1) is 0 Å². The molecular formula is C16H24N2O3. The first-order valence-electron chi connectivity index (χ1n) is 7.52. The number of benzene rings is 1. The molecule has 0 radical (unpaired) electrons. The zero-order chi connectivity index (χ0) is 15.4. The van der Waals surface area contributed by atoms with Gasteiger partial charge in [-0.3, -0.25) is 4.79 Å². The van der Waals surface area contributed by atoms with Crippen LogP contribution in [0.3, 0.4) is 0 Å². The number of amides is 1. The second-order valence-electron chi connectivity index (χ2n) is 6.07. The van der Waals surface area contributed by atoms with Gasteiger partial charge in [0, 0.05) is 19.1 Å². The van der Waals surface area contributed by atoms with Crippen molar-refractivity contribution in [3.05, 3.63) is 23.8 Å². The molecule has 0 spiro atoms. The van der Waals surface area contributed by atoms with E-state index in [9.17, 15) is 15.0 Å². The molecule has 1 heterocycles. The molecule has 116 valence electrons. The zero-order valence-corrected chi connectivity index (χ0v) is 12.7. The Kier molecular flexibility index (Phi) is 5.07. The fourth-order valence-electron chi connectivity index (χ4n) is 2.73. The Bertz CT molecular complexity index is 496. The molecule has 0 aliphatic carbocycles. The fourth-order valence-corrected chi connectivity index (χ4v) is 2.73. The van der Waals surface area contributed by atoms with Crippen LogP contribution in [0.2, 0.25) is 0 Å².